The summed E-state index contributed by atoms with van der Waals surface area (Å²) in [5.41, 5.74) is 1.94. The summed E-state index contributed by atoms with van der Waals surface area (Å²) < 4.78 is 0. The predicted octanol–water partition coefficient (Wildman–Crippen LogP) is 3.59. The summed E-state index contributed by atoms with van der Waals surface area (Å²) in [7, 11) is 0. The van der Waals surface area contributed by atoms with Crippen LogP contribution in [0.15, 0.2) is 54.6 Å². The smallest absolute Gasteiger partial charge is 0.234 e. The first kappa shape index (κ1) is 18.7. The Bertz CT molecular complexity index is 745. The molecular weight excluding hydrogens is 336 g/mol. The van der Waals surface area contributed by atoms with E-state index in [1.165, 1.54) is 18.7 Å². The van der Waals surface area contributed by atoms with Gasteiger partial charge in [-0.1, -0.05) is 18.2 Å². The quantitative estimate of drug-likeness (QED) is 0.744. The minimum absolute atomic E-state index is 0.0492. The van der Waals surface area contributed by atoms with Crippen LogP contribution < -0.4 is 10.6 Å². The van der Waals surface area contributed by atoms with E-state index < -0.39 is 0 Å². The normalized spacial score (nSPS) is 11.4. The maximum Gasteiger partial charge on any atom is 0.234 e. The van der Waals surface area contributed by atoms with Crippen LogP contribution in [0.4, 0.5) is 11.4 Å². The van der Waals surface area contributed by atoms with Gasteiger partial charge in [-0.2, -0.15) is 0 Å². The molecule has 2 amide bonds. The van der Waals surface area contributed by atoms with Crippen LogP contribution in [-0.4, -0.2) is 28.6 Å². The minimum Gasteiger partial charge on any atom is -0.326 e. The molecular formula is C19H20N2O3S. The topological polar surface area (TPSA) is 75.3 Å². The molecule has 2 aromatic carbocycles. The number of rotatable bonds is 7. The number of thioether (sulfide) groups is 1. The van der Waals surface area contributed by atoms with Crippen molar-refractivity contribution < 1.29 is 14.4 Å². The van der Waals surface area contributed by atoms with Crippen LogP contribution in [0.5, 0.6) is 0 Å². The number of carbonyl (C=O) groups is 3. The first-order valence-corrected chi connectivity index (χ1v) is 8.89. The summed E-state index contributed by atoms with van der Waals surface area (Å²) in [6, 6.07) is 15.9. The Hall–Kier alpha value is -2.60. The number of nitrogens with one attached hydrogen (secondary N) is 2. The second-order valence-corrected chi connectivity index (χ2v) is 6.82. The average Bonchev–Trinajstić information content (AvgIpc) is 2.60. The second-order valence-electron chi connectivity index (χ2n) is 5.49. The number of Topliss-reactive ketones (excluding diaryl/α,β-unsaturated/α-hetero) is 1. The highest BCUT2D eigenvalue weighted by Gasteiger charge is 2.17. The van der Waals surface area contributed by atoms with Gasteiger partial charge in [0.25, 0.3) is 0 Å². The van der Waals surface area contributed by atoms with Crippen molar-refractivity contribution in [2.24, 2.45) is 0 Å². The third-order valence-electron chi connectivity index (χ3n) is 3.38. The molecule has 0 bridgehead atoms. The summed E-state index contributed by atoms with van der Waals surface area (Å²) in [6.45, 7) is 3.21. The van der Waals surface area contributed by atoms with Crippen molar-refractivity contribution >= 4 is 40.7 Å². The van der Waals surface area contributed by atoms with Gasteiger partial charge in [-0.3, -0.25) is 14.4 Å². The SMILES string of the molecule is CC(=O)Nc1ccc(C(=O)C(C)SCC(=O)Nc2ccccc2)cc1. The molecule has 25 heavy (non-hydrogen) atoms. The van der Waals surface area contributed by atoms with E-state index >= 15 is 0 Å². The molecule has 0 saturated heterocycles. The molecule has 0 radical (unpaired) electrons. The average molecular weight is 356 g/mol. The van der Waals surface area contributed by atoms with Crippen LogP contribution in [0, 0.1) is 0 Å². The van der Waals surface area contributed by atoms with E-state index in [1.807, 2.05) is 30.3 Å². The molecule has 1 atom stereocenters. The molecule has 2 aromatic rings. The predicted molar refractivity (Wildman–Crippen MR) is 102 cm³/mol. The highest BCUT2D eigenvalue weighted by Crippen LogP contribution is 2.18. The monoisotopic (exact) mass is 356 g/mol. The van der Waals surface area contributed by atoms with Gasteiger partial charge in [0, 0.05) is 23.9 Å². The number of benzene rings is 2. The molecule has 6 heteroatoms. The Balaban J connectivity index is 1.85. The summed E-state index contributed by atoms with van der Waals surface area (Å²) in [4.78, 5) is 35.3. The summed E-state index contributed by atoms with van der Waals surface area (Å²) >= 11 is 1.29. The highest BCUT2D eigenvalue weighted by molar-refractivity contribution is 8.01. The zero-order valence-electron chi connectivity index (χ0n) is 14.1. The van der Waals surface area contributed by atoms with Gasteiger partial charge in [-0.05, 0) is 43.3 Å². The van der Waals surface area contributed by atoms with Crippen molar-refractivity contribution in [2.45, 2.75) is 19.1 Å². The van der Waals surface area contributed by atoms with Gasteiger partial charge in [0.2, 0.25) is 11.8 Å². The molecule has 0 spiro atoms. The van der Waals surface area contributed by atoms with Gasteiger partial charge in [0.15, 0.2) is 5.78 Å². The molecule has 0 aliphatic rings. The summed E-state index contributed by atoms with van der Waals surface area (Å²) in [5.74, 6) is -0.151. The van der Waals surface area contributed by atoms with Crippen LogP contribution in [0.25, 0.3) is 0 Å². The number of ketones is 1. The van der Waals surface area contributed by atoms with Crippen molar-refractivity contribution in [2.75, 3.05) is 16.4 Å². The molecule has 5 nitrogen and oxygen atoms in total. The third-order valence-corrected chi connectivity index (χ3v) is 4.52. The lowest BCUT2D eigenvalue weighted by molar-refractivity contribution is -0.114. The molecule has 130 valence electrons. The lowest BCUT2D eigenvalue weighted by Crippen LogP contribution is -2.19. The van der Waals surface area contributed by atoms with E-state index in [1.54, 1.807) is 31.2 Å². The fourth-order valence-electron chi connectivity index (χ4n) is 2.15. The van der Waals surface area contributed by atoms with Gasteiger partial charge >= 0.3 is 0 Å². The molecule has 2 rings (SSSR count). The van der Waals surface area contributed by atoms with Crippen LogP contribution in [0.3, 0.4) is 0 Å². The van der Waals surface area contributed by atoms with Gasteiger partial charge < -0.3 is 10.6 Å². The Morgan fingerprint density at radius 3 is 2.12 bits per heavy atom. The maximum atomic E-state index is 12.4. The van der Waals surface area contributed by atoms with E-state index in [0.29, 0.717) is 11.3 Å². The molecule has 0 aliphatic carbocycles. The van der Waals surface area contributed by atoms with Gasteiger partial charge in [0.05, 0.1) is 11.0 Å². The summed E-state index contributed by atoms with van der Waals surface area (Å²) in [6.07, 6.45) is 0. The number of hydrogen-bond donors (Lipinski definition) is 2. The number of anilines is 2. The minimum atomic E-state index is -0.340. The van der Waals surface area contributed by atoms with Crippen LogP contribution in [0.1, 0.15) is 24.2 Å². The van der Waals surface area contributed by atoms with E-state index in [9.17, 15) is 14.4 Å². The lowest BCUT2D eigenvalue weighted by atomic mass is 10.1. The highest BCUT2D eigenvalue weighted by atomic mass is 32.2. The number of carbonyl (C=O) groups excluding carboxylic acids is 3. The first-order valence-electron chi connectivity index (χ1n) is 7.84. The molecule has 0 saturated carbocycles. The fraction of sp³-hybridized carbons (Fsp3) is 0.211. The van der Waals surface area contributed by atoms with E-state index in [2.05, 4.69) is 10.6 Å². The number of para-hydroxylation sites is 1. The zero-order valence-corrected chi connectivity index (χ0v) is 14.9. The zero-order chi connectivity index (χ0) is 18.2. The van der Waals surface area contributed by atoms with E-state index in [0.717, 1.165) is 5.69 Å². The molecule has 1 unspecified atom stereocenters. The molecule has 0 fully saturated rings. The van der Waals surface area contributed by atoms with Crippen LogP contribution in [0.2, 0.25) is 0 Å². The second kappa shape index (κ2) is 9.03. The molecule has 0 heterocycles. The first-order chi connectivity index (χ1) is 12.0. The number of hydrogen-bond acceptors (Lipinski definition) is 4. The van der Waals surface area contributed by atoms with Crippen molar-refractivity contribution in [1.82, 2.24) is 0 Å². The van der Waals surface area contributed by atoms with Crippen LogP contribution >= 0.6 is 11.8 Å². The molecule has 0 aliphatic heterocycles. The van der Waals surface area contributed by atoms with Gasteiger partial charge in [-0.15, -0.1) is 11.8 Å². The standard InChI is InChI=1S/C19H20N2O3S/c1-13(25-12-18(23)21-16-6-4-3-5-7-16)19(24)15-8-10-17(11-9-15)20-14(2)22/h3-11,13H,12H2,1-2H3,(H,20,22)(H,21,23). The molecule has 2 N–H and O–H groups in total. The largest absolute Gasteiger partial charge is 0.326 e. The van der Waals surface area contributed by atoms with Crippen molar-refractivity contribution in [3.8, 4) is 0 Å². The van der Waals surface area contributed by atoms with Crippen molar-refractivity contribution in [3.05, 3.63) is 60.2 Å². The summed E-state index contributed by atoms with van der Waals surface area (Å²) in [5, 5.41) is 5.11. The van der Waals surface area contributed by atoms with Crippen molar-refractivity contribution in [1.29, 1.82) is 0 Å². The van der Waals surface area contributed by atoms with Crippen molar-refractivity contribution in [3.63, 3.8) is 0 Å². The maximum absolute atomic E-state index is 12.4. The van der Waals surface area contributed by atoms with E-state index in [4.69, 9.17) is 0 Å². The Labute approximate surface area is 151 Å². The lowest BCUT2D eigenvalue weighted by Gasteiger charge is -2.11. The van der Waals surface area contributed by atoms with Gasteiger partial charge in [0.1, 0.15) is 0 Å². The fourth-order valence-corrected chi connectivity index (χ4v) is 2.91. The number of amides is 2. The third kappa shape index (κ3) is 6.08. The van der Waals surface area contributed by atoms with Gasteiger partial charge in [-0.25, -0.2) is 0 Å². The Morgan fingerprint density at radius 1 is 0.920 bits per heavy atom. The Morgan fingerprint density at radius 2 is 1.52 bits per heavy atom. The van der Waals surface area contributed by atoms with E-state index in [-0.39, 0.29) is 28.6 Å². The Kier molecular flexibility index (Phi) is 6.77. The molecule has 0 aromatic heterocycles. The van der Waals surface area contributed by atoms with Crippen LogP contribution in [-0.2, 0) is 9.59 Å².